The Kier molecular flexibility index (Phi) is 3.53. The van der Waals surface area contributed by atoms with Crippen molar-refractivity contribution in [1.29, 1.82) is 0 Å². The molecule has 0 radical (unpaired) electrons. The molecule has 0 aromatic carbocycles. The number of nitrogens with one attached hydrogen (secondary N) is 1. The molecule has 2 saturated carbocycles. The molecule has 96 valence electrons. The second-order valence-electron chi connectivity index (χ2n) is 6.31. The van der Waals surface area contributed by atoms with Gasteiger partial charge < -0.3 is 5.32 Å². The average Bonchev–Trinajstić information content (AvgIpc) is 2.94. The lowest BCUT2D eigenvalue weighted by Gasteiger charge is -2.35. The van der Waals surface area contributed by atoms with E-state index in [0.717, 1.165) is 30.5 Å². The van der Waals surface area contributed by atoms with Crippen molar-refractivity contribution in [2.45, 2.75) is 50.6 Å². The third-order valence-electron chi connectivity index (χ3n) is 5.16. The van der Waals surface area contributed by atoms with E-state index in [-0.39, 0.29) is 0 Å². The zero-order chi connectivity index (χ0) is 11.7. The molecular formula is C15H26N2. The normalized spacial score (nSPS) is 38.7. The molecule has 3 atom stereocenters. The molecule has 17 heavy (non-hydrogen) atoms. The fraction of sp³-hybridized carbons (Fsp3) is 0.867. The van der Waals surface area contributed by atoms with Gasteiger partial charge in [-0.25, -0.2) is 0 Å². The van der Waals surface area contributed by atoms with Gasteiger partial charge in [0.05, 0.1) is 0 Å². The number of piperidine rings is 1. The Morgan fingerprint density at radius 2 is 1.94 bits per heavy atom. The van der Waals surface area contributed by atoms with Gasteiger partial charge in [0.15, 0.2) is 0 Å². The number of likely N-dealkylation sites (tertiary alicyclic amines) is 1. The topological polar surface area (TPSA) is 15.3 Å². The second kappa shape index (κ2) is 5.11. The number of nitrogens with zero attached hydrogens (tertiary/aromatic N) is 1. The van der Waals surface area contributed by atoms with Crippen molar-refractivity contribution >= 4 is 0 Å². The van der Waals surface area contributed by atoms with Crippen molar-refractivity contribution in [2.24, 2.45) is 11.8 Å². The molecule has 3 rings (SSSR count). The van der Waals surface area contributed by atoms with Crippen molar-refractivity contribution in [2.75, 3.05) is 19.6 Å². The van der Waals surface area contributed by atoms with Crippen LogP contribution in [0.25, 0.3) is 0 Å². The van der Waals surface area contributed by atoms with E-state index in [9.17, 15) is 0 Å². The van der Waals surface area contributed by atoms with E-state index in [1.807, 2.05) is 6.08 Å². The zero-order valence-corrected chi connectivity index (χ0v) is 10.9. The molecule has 0 spiro atoms. The summed E-state index contributed by atoms with van der Waals surface area (Å²) in [6, 6.07) is 1.66. The van der Waals surface area contributed by atoms with Gasteiger partial charge in [-0.3, -0.25) is 4.90 Å². The molecule has 1 heterocycles. The molecule has 0 aromatic rings. The third kappa shape index (κ3) is 2.58. The lowest BCUT2D eigenvalue weighted by atomic mass is 9.93. The lowest BCUT2D eigenvalue weighted by Crippen LogP contribution is -2.47. The van der Waals surface area contributed by atoms with Crippen molar-refractivity contribution in [3.8, 4) is 0 Å². The molecule has 1 saturated heterocycles. The highest BCUT2D eigenvalue weighted by molar-refractivity contribution is 4.96. The van der Waals surface area contributed by atoms with Crippen molar-refractivity contribution in [1.82, 2.24) is 10.2 Å². The summed E-state index contributed by atoms with van der Waals surface area (Å²) in [6.07, 6.45) is 10.7. The van der Waals surface area contributed by atoms with E-state index in [0.29, 0.717) is 0 Å². The van der Waals surface area contributed by atoms with Crippen LogP contribution < -0.4 is 5.32 Å². The summed E-state index contributed by atoms with van der Waals surface area (Å²) in [4.78, 5) is 2.52. The summed E-state index contributed by atoms with van der Waals surface area (Å²) in [6.45, 7) is 7.40. The van der Waals surface area contributed by atoms with Gasteiger partial charge >= 0.3 is 0 Å². The average molecular weight is 234 g/mol. The van der Waals surface area contributed by atoms with Crippen molar-refractivity contribution < 1.29 is 0 Å². The maximum atomic E-state index is 3.96. The standard InChI is InChI=1S/C15H26N2/c1-2-7-17-8-5-14(6-9-17)16-15-11-12-3-4-13(15)10-12/h2,12-16H,1,3-11H2. The first kappa shape index (κ1) is 11.7. The van der Waals surface area contributed by atoms with E-state index in [1.165, 1.54) is 51.6 Å². The Morgan fingerprint density at radius 3 is 2.53 bits per heavy atom. The largest absolute Gasteiger partial charge is 0.311 e. The van der Waals surface area contributed by atoms with Crippen LogP contribution in [0.4, 0.5) is 0 Å². The lowest BCUT2D eigenvalue weighted by molar-refractivity contribution is 0.194. The summed E-state index contributed by atoms with van der Waals surface area (Å²) >= 11 is 0. The van der Waals surface area contributed by atoms with Crippen LogP contribution in [-0.2, 0) is 0 Å². The van der Waals surface area contributed by atoms with Crippen LogP contribution in [0, 0.1) is 11.8 Å². The van der Waals surface area contributed by atoms with Crippen molar-refractivity contribution in [3.05, 3.63) is 12.7 Å². The van der Waals surface area contributed by atoms with Crippen LogP contribution in [0.15, 0.2) is 12.7 Å². The molecule has 3 aliphatic rings. The van der Waals surface area contributed by atoms with E-state index < -0.39 is 0 Å². The summed E-state index contributed by atoms with van der Waals surface area (Å²) in [5, 5.41) is 3.96. The van der Waals surface area contributed by atoms with E-state index in [2.05, 4.69) is 16.8 Å². The molecular weight excluding hydrogens is 208 g/mol. The fourth-order valence-electron chi connectivity index (χ4n) is 4.22. The first-order valence-corrected chi connectivity index (χ1v) is 7.44. The van der Waals surface area contributed by atoms with Crippen LogP contribution >= 0.6 is 0 Å². The van der Waals surface area contributed by atoms with E-state index >= 15 is 0 Å². The molecule has 3 fully saturated rings. The van der Waals surface area contributed by atoms with Gasteiger partial charge in [-0.1, -0.05) is 12.5 Å². The Hall–Kier alpha value is -0.340. The summed E-state index contributed by atoms with van der Waals surface area (Å²) in [5.74, 6) is 2.09. The van der Waals surface area contributed by atoms with Gasteiger partial charge in [0.25, 0.3) is 0 Å². The summed E-state index contributed by atoms with van der Waals surface area (Å²) < 4.78 is 0. The predicted molar refractivity (Wildman–Crippen MR) is 72.0 cm³/mol. The maximum absolute atomic E-state index is 3.96. The van der Waals surface area contributed by atoms with Gasteiger partial charge in [-0.05, 0) is 57.0 Å². The maximum Gasteiger partial charge on any atom is 0.0160 e. The molecule has 1 N–H and O–H groups in total. The first-order chi connectivity index (χ1) is 8.35. The molecule has 0 amide bonds. The van der Waals surface area contributed by atoms with E-state index in [1.54, 1.807) is 0 Å². The van der Waals surface area contributed by atoms with Crippen LogP contribution in [0.5, 0.6) is 0 Å². The minimum absolute atomic E-state index is 0.792. The molecule has 2 bridgehead atoms. The quantitative estimate of drug-likeness (QED) is 0.752. The number of fused-ring (bicyclic) bond motifs is 2. The molecule has 2 nitrogen and oxygen atoms in total. The Bertz CT molecular complexity index is 268. The smallest absolute Gasteiger partial charge is 0.0160 e. The zero-order valence-electron chi connectivity index (χ0n) is 10.9. The van der Waals surface area contributed by atoms with Gasteiger partial charge in [0.2, 0.25) is 0 Å². The van der Waals surface area contributed by atoms with Crippen molar-refractivity contribution in [3.63, 3.8) is 0 Å². The van der Waals surface area contributed by atoms with Gasteiger partial charge in [0.1, 0.15) is 0 Å². The highest BCUT2D eigenvalue weighted by Gasteiger charge is 2.40. The van der Waals surface area contributed by atoms with E-state index in [4.69, 9.17) is 0 Å². The SMILES string of the molecule is C=CCN1CCC(NC2CC3CCC2C3)CC1. The highest BCUT2D eigenvalue weighted by atomic mass is 15.1. The van der Waals surface area contributed by atoms with Crippen LogP contribution in [-0.4, -0.2) is 36.6 Å². The molecule has 1 aliphatic heterocycles. The Morgan fingerprint density at radius 1 is 1.12 bits per heavy atom. The minimum Gasteiger partial charge on any atom is -0.311 e. The number of rotatable bonds is 4. The number of hydrogen-bond donors (Lipinski definition) is 1. The summed E-state index contributed by atoms with van der Waals surface area (Å²) in [7, 11) is 0. The van der Waals surface area contributed by atoms with Gasteiger partial charge in [-0.15, -0.1) is 6.58 Å². The Labute approximate surface area is 105 Å². The van der Waals surface area contributed by atoms with Crippen LogP contribution in [0.3, 0.4) is 0 Å². The van der Waals surface area contributed by atoms with Gasteiger partial charge in [-0.2, -0.15) is 0 Å². The second-order valence-corrected chi connectivity index (χ2v) is 6.31. The molecule has 2 aliphatic carbocycles. The fourth-order valence-corrected chi connectivity index (χ4v) is 4.22. The minimum atomic E-state index is 0.792. The highest BCUT2D eigenvalue weighted by Crippen LogP contribution is 2.44. The molecule has 2 heteroatoms. The van der Waals surface area contributed by atoms with Crippen LogP contribution in [0.1, 0.15) is 38.5 Å². The van der Waals surface area contributed by atoms with Crippen LogP contribution in [0.2, 0.25) is 0 Å². The Balaban J connectivity index is 1.43. The monoisotopic (exact) mass is 234 g/mol. The molecule has 3 unspecified atom stereocenters. The molecule has 0 aromatic heterocycles. The third-order valence-corrected chi connectivity index (χ3v) is 5.16. The number of hydrogen-bond acceptors (Lipinski definition) is 2. The first-order valence-electron chi connectivity index (χ1n) is 7.44. The van der Waals surface area contributed by atoms with Gasteiger partial charge in [0, 0.05) is 18.6 Å². The summed E-state index contributed by atoms with van der Waals surface area (Å²) in [5.41, 5.74) is 0. The predicted octanol–water partition coefficient (Wildman–Crippen LogP) is 2.42.